The average Bonchev–Trinajstić information content (AvgIpc) is 3.21. The van der Waals surface area contributed by atoms with E-state index in [2.05, 4.69) is 0 Å². The van der Waals surface area contributed by atoms with Gasteiger partial charge >= 0.3 is 6.09 Å². The van der Waals surface area contributed by atoms with Crippen molar-refractivity contribution in [2.45, 2.75) is 31.2 Å². The van der Waals surface area contributed by atoms with E-state index in [0.29, 0.717) is 18.4 Å². The molecule has 2 atom stereocenters. The molecule has 0 radical (unpaired) electrons. The van der Waals surface area contributed by atoms with Crippen LogP contribution < -0.4 is 5.73 Å². The molecule has 2 aliphatic rings. The molecule has 2 aliphatic carbocycles. The maximum atomic E-state index is 11.3. The van der Waals surface area contributed by atoms with Gasteiger partial charge in [-0.2, -0.15) is 0 Å². The number of carbonyl (C=O) groups is 1. The van der Waals surface area contributed by atoms with Gasteiger partial charge in [0.1, 0.15) is 0 Å². The molecule has 4 nitrogen and oxygen atoms in total. The molecule has 4 heteroatoms. The maximum Gasteiger partial charge on any atom is 0.407 e. The summed E-state index contributed by atoms with van der Waals surface area (Å²) in [7, 11) is 0. The van der Waals surface area contributed by atoms with Crippen LogP contribution in [-0.2, 0) is 0 Å². The summed E-state index contributed by atoms with van der Waals surface area (Å²) in [6.45, 7) is 0.714. The van der Waals surface area contributed by atoms with E-state index in [4.69, 9.17) is 5.73 Å². The molecule has 0 heterocycles. The summed E-state index contributed by atoms with van der Waals surface area (Å²) in [5.74, 6) is 0.967. The number of nitrogens with zero attached hydrogens (tertiary/aromatic N) is 1. The lowest BCUT2D eigenvalue weighted by Crippen LogP contribution is -2.34. The first kappa shape index (κ1) is 11.4. The molecule has 0 saturated heterocycles. The van der Waals surface area contributed by atoms with Crippen molar-refractivity contribution in [2.24, 2.45) is 5.92 Å². The van der Waals surface area contributed by atoms with E-state index in [1.54, 1.807) is 4.90 Å². The number of rotatable bonds is 4. The lowest BCUT2D eigenvalue weighted by atomic mass is 10.1. The normalized spacial score (nSPS) is 25.8. The number of benzene rings is 1. The van der Waals surface area contributed by atoms with Crippen LogP contribution in [0.2, 0.25) is 0 Å². The van der Waals surface area contributed by atoms with Crippen LogP contribution in [-0.4, -0.2) is 28.7 Å². The SMILES string of the molecule is Nc1ccc(C2CC2N(CC2CC2)C(=O)O)cc1. The fourth-order valence-corrected chi connectivity index (χ4v) is 2.56. The molecule has 2 unspecified atom stereocenters. The van der Waals surface area contributed by atoms with Gasteiger partial charge < -0.3 is 15.7 Å². The summed E-state index contributed by atoms with van der Waals surface area (Å²) < 4.78 is 0. The van der Waals surface area contributed by atoms with Crippen molar-refractivity contribution in [2.75, 3.05) is 12.3 Å². The Morgan fingerprint density at radius 3 is 2.56 bits per heavy atom. The van der Waals surface area contributed by atoms with Crippen LogP contribution >= 0.6 is 0 Å². The van der Waals surface area contributed by atoms with Gasteiger partial charge in [-0.25, -0.2) is 4.79 Å². The number of nitrogen functional groups attached to an aromatic ring is 1. The van der Waals surface area contributed by atoms with Crippen LogP contribution in [0.5, 0.6) is 0 Å². The third-order valence-corrected chi connectivity index (χ3v) is 3.92. The Balaban J connectivity index is 1.67. The van der Waals surface area contributed by atoms with Crippen molar-refractivity contribution in [1.29, 1.82) is 0 Å². The Morgan fingerprint density at radius 2 is 2.00 bits per heavy atom. The van der Waals surface area contributed by atoms with Crippen molar-refractivity contribution in [3.05, 3.63) is 29.8 Å². The Hall–Kier alpha value is -1.71. The molecule has 0 bridgehead atoms. The fourth-order valence-electron chi connectivity index (χ4n) is 2.56. The minimum absolute atomic E-state index is 0.173. The van der Waals surface area contributed by atoms with Crippen molar-refractivity contribution >= 4 is 11.8 Å². The molecule has 1 aromatic carbocycles. The number of nitrogens with two attached hydrogens (primary N) is 1. The molecule has 3 N–H and O–H groups in total. The summed E-state index contributed by atoms with van der Waals surface area (Å²) in [6.07, 6.45) is 2.54. The van der Waals surface area contributed by atoms with Crippen molar-refractivity contribution < 1.29 is 9.90 Å². The van der Waals surface area contributed by atoms with Crippen molar-refractivity contribution in [1.82, 2.24) is 4.90 Å². The molecule has 2 saturated carbocycles. The first-order valence-electron chi connectivity index (χ1n) is 6.50. The number of hydrogen-bond acceptors (Lipinski definition) is 2. The minimum atomic E-state index is -0.773. The summed E-state index contributed by atoms with van der Waals surface area (Å²) in [5.41, 5.74) is 7.62. The molecule has 2 fully saturated rings. The number of anilines is 1. The van der Waals surface area contributed by atoms with Crippen LogP contribution in [0.1, 0.15) is 30.7 Å². The Morgan fingerprint density at radius 1 is 1.33 bits per heavy atom. The highest BCUT2D eigenvalue weighted by Crippen LogP contribution is 2.46. The Labute approximate surface area is 106 Å². The van der Waals surface area contributed by atoms with E-state index >= 15 is 0 Å². The second-order valence-corrected chi connectivity index (χ2v) is 5.45. The van der Waals surface area contributed by atoms with E-state index in [-0.39, 0.29) is 6.04 Å². The molecule has 1 amide bonds. The Bertz CT molecular complexity index is 453. The Kier molecular flexibility index (Phi) is 2.65. The molecule has 18 heavy (non-hydrogen) atoms. The smallest absolute Gasteiger partial charge is 0.407 e. The highest BCUT2D eigenvalue weighted by atomic mass is 16.4. The number of amides is 1. The number of hydrogen-bond donors (Lipinski definition) is 2. The van der Waals surface area contributed by atoms with Crippen molar-refractivity contribution in [3.63, 3.8) is 0 Å². The predicted octanol–water partition coefficient (Wildman–Crippen LogP) is 2.51. The van der Waals surface area contributed by atoms with Gasteiger partial charge in [0.15, 0.2) is 0 Å². The van der Waals surface area contributed by atoms with Gasteiger partial charge in [0, 0.05) is 24.2 Å². The maximum absolute atomic E-state index is 11.3. The van der Waals surface area contributed by atoms with Gasteiger partial charge in [0.2, 0.25) is 0 Å². The van der Waals surface area contributed by atoms with Crippen LogP contribution in [0.3, 0.4) is 0 Å². The third kappa shape index (κ3) is 2.28. The molecule has 0 aromatic heterocycles. The molecular weight excluding hydrogens is 228 g/mol. The molecule has 3 rings (SSSR count). The van der Waals surface area contributed by atoms with Gasteiger partial charge in [-0.15, -0.1) is 0 Å². The zero-order valence-corrected chi connectivity index (χ0v) is 10.2. The van der Waals surface area contributed by atoms with Gasteiger partial charge in [0.25, 0.3) is 0 Å². The van der Waals surface area contributed by atoms with Crippen LogP contribution in [0.15, 0.2) is 24.3 Å². The first-order chi connectivity index (χ1) is 8.65. The highest BCUT2D eigenvalue weighted by molar-refractivity contribution is 5.66. The van der Waals surface area contributed by atoms with Gasteiger partial charge in [-0.3, -0.25) is 0 Å². The van der Waals surface area contributed by atoms with Gasteiger partial charge in [0.05, 0.1) is 0 Å². The van der Waals surface area contributed by atoms with Crippen LogP contribution in [0.25, 0.3) is 0 Å². The van der Waals surface area contributed by atoms with E-state index < -0.39 is 6.09 Å². The zero-order valence-electron chi connectivity index (χ0n) is 10.2. The van der Waals surface area contributed by atoms with Gasteiger partial charge in [-0.1, -0.05) is 12.1 Å². The lowest BCUT2D eigenvalue weighted by Gasteiger charge is -2.19. The second kappa shape index (κ2) is 4.19. The lowest BCUT2D eigenvalue weighted by molar-refractivity contribution is 0.139. The number of carboxylic acid groups (broad SMARTS) is 1. The topological polar surface area (TPSA) is 66.6 Å². The van der Waals surface area contributed by atoms with Crippen LogP contribution in [0, 0.1) is 5.92 Å². The molecule has 96 valence electrons. The van der Waals surface area contributed by atoms with E-state index in [1.807, 2.05) is 24.3 Å². The summed E-state index contributed by atoms with van der Waals surface area (Å²) >= 11 is 0. The summed E-state index contributed by atoms with van der Waals surface area (Å²) in [4.78, 5) is 12.9. The summed E-state index contributed by atoms with van der Waals surface area (Å²) in [6, 6.07) is 7.97. The second-order valence-electron chi connectivity index (χ2n) is 5.45. The molecule has 1 aromatic rings. The molecule has 0 spiro atoms. The molecular formula is C14H18N2O2. The monoisotopic (exact) mass is 246 g/mol. The van der Waals surface area contributed by atoms with Crippen molar-refractivity contribution in [3.8, 4) is 0 Å². The minimum Gasteiger partial charge on any atom is -0.465 e. The third-order valence-electron chi connectivity index (χ3n) is 3.92. The predicted molar refractivity (Wildman–Crippen MR) is 69.5 cm³/mol. The van der Waals surface area contributed by atoms with E-state index in [0.717, 1.165) is 12.1 Å². The average molecular weight is 246 g/mol. The fraction of sp³-hybridized carbons (Fsp3) is 0.500. The van der Waals surface area contributed by atoms with E-state index in [1.165, 1.54) is 18.4 Å². The van der Waals surface area contributed by atoms with Gasteiger partial charge in [-0.05, 0) is 42.9 Å². The highest BCUT2D eigenvalue weighted by Gasteiger charge is 2.46. The van der Waals surface area contributed by atoms with Crippen LogP contribution in [0.4, 0.5) is 10.5 Å². The largest absolute Gasteiger partial charge is 0.465 e. The molecule has 0 aliphatic heterocycles. The first-order valence-corrected chi connectivity index (χ1v) is 6.50. The quantitative estimate of drug-likeness (QED) is 0.802. The summed E-state index contributed by atoms with van der Waals surface area (Å²) in [5, 5.41) is 9.28. The standard InChI is InChI=1S/C14H18N2O2/c15-11-5-3-10(4-6-11)12-7-13(12)16(14(17)18)8-9-1-2-9/h3-6,9,12-13H,1-2,7-8,15H2,(H,17,18). The zero-order chi connectivity index (χ0) is 12.7. The van der Waals surface area contributed by atoms with E-state index in [9.17, 15) is 9.90 Å².